The Bertz CT molecular complexity index is 2940. The van der Waals surface area contributed by atoms with Gasteiger partial charge in [0.15, 0.2) is 0 Å². The van der Waals surface area contributed by atoms with Gasteiger partial charge in [-0.1, -0.05) is 109 Å². The van der Waals surface area contributed by atoms with E-state index in [0.717, 1.165) is 61.3 Å². The molecule has 0 aliphatic carbocycles. The number of hydrogen-bond acceptors (Lipinski definition) is 4. The van der Waals surface area contributed by atoms with E-state index in [-0.39, 0.29) is 0 Å². The second-order valence-corrected chi connectivity index (χ2v) is 13.4. The first-order valence-electron chi connectivity index (χ1n) is 17.8. The molecule has 0 N–H and O–H groups in total. The zero-order valence-corrected chi connectivity index (χ0v) is 28.8. The second kappa shape index (κ2) is 12.9. The van der Waals surface area contributed by atoms with E-state index in [2.05, 4.69) is 168 Å². The highest BCUT2D eigenvalue weighted by atomic mass is 15.1. The molecule has 248 valence electrons. The molecular weight excluding hydrogens is 645 g/mol. The zero-order chi connectivity index (χ0) is 35.1. The van der Waals surface area contributed by atoms with Gasteiger partial charge in [0, 0.05) is 52.2 Å². The van der Waals surface area contributed by atoms with Crippen molar-refractivity contribution in [1.82, 2.24) is 15.0 Å². The molecule has 0 fully saturated rings. The van der Waals surface area contributed by atoms with E-state index in [0.29, 0.717) is 0 Å². The van der Waals surface area contributed by atoms with Crippen LogP contribution in [0.5, 0.6) is 0 Å². The lowest BCUT2D eigenvalue weighted by Gasteiger charge is -2.26. The number of hydrogen-bond donors (Lipinski definition) is 0. The van der Waals surface area contributed by atoms with Crippen LogP contribution in [0.1, 0.15) is 0 Å². The maximum absolute atomic E-state index is 5.05. The molecule has 0 saturated heterocycles. The molecule has 0 bridgehead atoms. The number of pyridine rings is 3. The first kappa shape index (κ1) is 30.6. The van der Waals surface area contributed by atoms with Gasteiger partial charge in [0.25, 0.3) is 0 Å². The number of rotatable bonds is 6. The summed E-state index contributed by atoms with van der Waals surface area (Å²) < 4.78 is 0. The Balaban J connectivity index is 1.04. The maximum atomic E-state index is 5.05. The zero-order valence-electron chi connectivity index (χ0n) is 28.8. The fourth-order valence-electron chi connectivity index (χ4n) is 7.48. The van der Waals surface area contributed by atoms with Gasteiger partial charge in [-0.25, -0.2) is 4.98 Å². The molecule has 3 heterocycles. The Morgan fingerprint density at radius 1 is 0.396 bits per heavy atom. The summed E-state index contributed by atoms with van der Waals surface area (Å²) in [4.78, 5) is 16.5. The van der Waals surface area contributed by atoms with Crippen LogP contribution in [0.25, 0.3) is 76.9 Å². The van der Waals surface area contributed by atoms with E-state index >= 15 is 0 Å². The summed E-state index contributed by atoms with van der Waals surface area (Å²) in [5, 5.41) is 7.31. The predicted octanol–water partition coefficient (Wildman–Crippen LogP) is 13.0. The van der Waals surface area contributed by atoms with Crippen LogP contribution in [0.4, 0.5) is 17.1 Å². The molecule has 0 amide bonds. The summed E-state index contributed by atoms with van der Waals surface area (Å²) in [5.74, 6) is 0. The van der Waals surface area contributed by atoms with Crippen molar-refractivity contribution in [2.24, 2.45) is 0 Å². The highest BCUT2D eigenvalue weighted by Gasteiger charge is 2.16. The van der Waals surface area contributed by atoms with Crippen LogP contribution in [-0.2, 0) is 0 Å². The normalized spacial score (nSPS) is 11.4. The summed E-state index contributed by atoms with van der Waals surface area (Å²) >= 11 is 0. The van der Waals surface area contributed by atoms with Gasteiger partial charge in [0.2, 0.25) is 0 Å². The smallest absolute Gasteiger partial charge is 0.0965 e. The van der Waals surface area contributed by atoms with E-state index in [1.165, 1.54) is 32.7 Å². The number of fused-ring (bicyclic) bond motifs is 5. The number of anilines is 3. The van der Waals surface area contributed by atoms with Gasteiger partial charge in [0.1, 0.15) is 0 Å². The van der Waals surface area contributed by atoms with Gasteiger partial charge in [-0.3, -0.25) is 9.97 Å². The van der Waals surface area contributed by atoms with E-state index in [1.54, 1.807) is 0 Å². The molecule has 10 aromatic rings. The molecule has 0 atom stereocenters. The number of nitrogens with zero attached hydrogens (tertiary/aromatic N) is 4. The Kier molecular flexibility index (Phi) is 7.43. The predicted molar refractivity (Wildman–Crippen MR) is 221 cm³/mol. The van der Waals surface area contributed by atoms with Crippen LogP contribution in [0.15, 0.2) is 195 Å². The molecule has 3 aromatic heterocycles. The van der Waals surface area contributed by atoms with Gasteiger partial charge in [-0.2, -0.15) is 0 Å². The lowest BCUT2D eigenvalue weighted by atomic mass is 9.97. The van der Waals surface area contributed by atoms with E-state index in [9.17, 15) is 0 Å². The van der Waals surface area contributed by atoms with Crippen LogP contribution in [0.2, 0.25) is 0 Å². The highest BCUT2D eigenvalue weighted by molar-refractivity contribution is 6.08. The third-order valence-corrected chi connectivity index (χ3v) is 10.2. The van der Waals surface area contributed by atoms with E-state index in [4.69, 9.17) is 9.97 Å². The van der Waals surface area contributed by atoms with Crippen molar-refractivity contribution in [2.75, 3.05) is 4.90 Å². The van der Waals surface area contributed by atoms with Crippen LogP contribution >= 0.6 is 0 Å². The van der Waals surface area contributed by atoms with E-state index in [1.807, 2.05) is 36.8 Å². The molecule has 0 spiro atoms. The minimum atomic E-state index is 0.874. The molecule has 53 heavy (non-hydrogen) atoms. The first-order valence-corrected chi connectivity index (χ1v) is 17.8. The van der Waals surface area contributed by atoms with Crippen LogP contribution in [-0.4, -0.2) is 15.0 Å². The van der Waals surface area contributed by atoms with Gasteiger partial charge in [-0.15, -0.1) is 0 Å². The third kappa shape index (κ3) is 5.63. The molecule has 0 aliphatic heterocycles. The molecule has 0 saturated carbocycles. The fraction of sp³-hybridized carbons (Fsp3) is 0. The molecule has 0 unspecified atom stereocenters. The SMILES string of the molecule is c1ccc(-c2cc(-c3ccc(N(c4ccc(-c5ccc6c(ccc7ccccc76)c5)cc4)c4ccc5ccncc5c4)cc3)nc3cccnc23)cc1. The highest BCUT2D eigenvalue weighted by Crippen LogP contribution is 2.39. The largest absolute Gasteiger partial charge is 0.310 e. The Labute approximate surface area is 307 Å². The third-order valence-electron chi connectivity index (χ3n) is 10.2. The summed E-state index contributed by atoms with van der Waals surface area (Å²) in [6.45, 7) is 0. The Hall–Kier alpha value is -7.17. The summed E-state index contributed by atoms with van der Waals surface area (Å²) in [7, 11) is 0. The average Bonchev–Trinajstić information content (AvgIpc) is 3.24. The quantitative estimate of drug-likeness (QED) is 0.164. The molecule has 0 aliphatic rings. The summed E-state index contributed by atoms with van der Waals surface area (Å²) in [6, 6.07) is 62.5. The monoisotopic (exact) mass is 676 g/mol. The molecule has 10 rings (SSSR count). The van der Waals surface area contributed by atoms with Gasteiger partial charge >= 0.3 is 0 Å². The topological polar surface area (TPSA) is 41.9 Å². The lowest BCUT2D eigenvalue weighted by Crippen LogP contribution is -2.10. The molecular formula is C49H32N4. The second-order valence-electron chi connectivity index (χ2n) is 13.4. The fourth-order valence-corrected chi connectivity index (χ4v) is 7.48. The number of aromatic nitrogens is 3. The Morgan fingerprint density at radius 3 is 1.94 bits per heavy atom. The van der Waals surface area contributed by atoms with Gasteiger partial charge in [-0.05, 0) is 110 Å². The minimum absolute atomic E-state index is 0.874. The van der Waals surface area contributed by atoms with Crippen LogP contribution in [0.3, 0.4) is 0 Å². The van der Waals surface area contributed by atoms with Crippen molar-refractivity contribution in [2.45, 2.75) is 0 Å². The lowest BCUT2D eigenvalue weighted by molar-refractivity contribution is 1.28. The molecule has 4 nitrogen and oxygen atoms in total. The van der Waals surface area contributed by atoms with Crippen molar-refractivity contribution in [1.29, 1.82) is 0 Å². The molecule has 7 aromatic carbocycles. The van der Waals surface area contributed by atoms with Crippen LogP contribution in [0, 0.1) is 0 Å². The summed E-state index contributed by atoms with van der Waals surface area (Å²) in [6.07, 6.45) is 5.60. The number of benzene rings is 7. The van der Waals surface area contributed by atoms with Crippen molar-refractivity contribution in [3.8, 4) is 33.5 Å². The Morgan fingerprint density at radius 2 is 1.09 bits per heavy atom. The van der Waals surface area contributed by atoms with Gasteiger partial charge in [0.05, 0.1) is 16.7 Å². The van der Waals surface area contributed by atoms with Crippen LogP contribution < -0.4 is 4.90 Å². The standard InChI is InChI=1S/C49H32N4/c1-2-7-35(8-3-1)46-31-48(52-47-11-6-27-51-49(46)47)37-17-22-42(23-18-37)53(43-24-16-34-26-28-50-32-40(34)30-43)41-20-14-33(15-21-41)38-19-25-45-39(29-38)13-12-36-9-4-5-10-44(36)45/h1-32H. The van der Waals surface area contributed by atoms with Gasteiger partial charge < -0.3 is 4.90 Å². The molecule has 0 radical (unpaired) electrons. The average molecular weight is 677 g/mol. The van der Waals surface area contributed by atoms with E-state index < -0.39 is 0 Å². The minimum Gasteiger partial charge on any atom is -0.310 e. The maximum Gasteiger partial charge on any atom is 0.0965 e. The van der Waals surface area contributed by atoms with Crippen molar-refractivity contribution < 1.29 is 0 Å². The van der Waals surface area contributed by atoms with Crippen molar-refractivity contribution in [3.05, 3.63) is 195 Å². The molecule has 4 heteroatoms. The summed E-state index contributed by atoms with van der Waals surface area (Å²) in [5.41, 5.74) is 11.5. The first-order chi connectivity index (χ1) is 26.2. The van der Waals surface area contributed by atoms with Crippen molar-refractivity contribution >= 4 is 60.4 Å². The van der Waals surface area contributed by atoms with Crippen molar-refractivity contribution in [3.63, 3.8) is 0 Å².